The lowest BCUT2D eigenvalue weighted by Crippen LogP contribution is -1.83. The van der Waals surface area contributed by atoms with Crippen LogP contribution >= 0.6 is 11.8 Å². The van der Waals surface area contributed by atoms with Crippen molar-refractivity contribution in [3.8, 4) is 0 Å². The minimum absolute atomic E-state index is 1.10. The molecule has 0 unspecified atom stereocenters. The van der Waals surface area contributed by atoms with E-state index in [4.69, 9.17) is 0 Å². The Balaban J connectivity index is 2.00. The van der Waals surface area contributed by atoms with Gasteiger partial charge in [-0.05, 0) is 37.1 Å². The molecule has 0 radical (unpaired) electrons. The zero-order valence-electron chi connectivity index (χ0n) is 9.82. The molecule has 1 aromatic carbocycles. The Hall–Kier alpha value is -0.950. The van der Waals surface area contributed by atoms with Gasteiger partial charge in [-0.2, -0.15) is 0 Å². The summed E-state index contributed by atoms with van der Waals surface area (Å²) in [4.78, 5) is 1.37. The van der Waals surface area contributed by atoms with Crippen LogP contribution in [0.4, 0.5) is 0 Å². The van der Waals surface area contributed by atoms with Crippen LogP contribution in [0.25, 0.3) is 0 Å². The van der Waals surface area contributed by atoms with E-state index in [9.17, 15) is 0 Å². The summed E-state index contributed by atoms with van der Waals surface area (Å²) in [6.07, 6.45) is 6.76. The zero-order chi connectivity index (χ0) is 11.6. The Morgan fingerprint density at radius 1 is 1.12 bits per heavy atom. The first-order valence-corrected chi connectivity index (χ1v) is 6.79. The lowest BCUT2D eigenvalue weighted by Gasteiger charge is -2.02. The highest BCUT2D eigenvalue weighted by atomic mass is 32.2. The lowest BCUT2D eigenvalue weighted by atomic mass is 10.1. The molecule has 0 fully saturated rings. The first kappa shape index (κ1) is 13.1. The fraction of sp³-hybridized carbons (Fsp3) is 0.333. The van der Waals surface area contributed by atoms with Crippen molar-refractivity contribution in [2.24, 2.45) is 0 Å². The summed E-state index contributed by atoms with van der Waals surface area (Å²) in [6.45, 7) is 7.63. The molecule has 86 valence electrons. The van der Waals surface area contributed by atoms with Crippen LogP contribution in [0.15, 0.2) is 60.0 Å². The fourth-order valence-corrected chi connectivity index (χ4v) is 2.37. The van der Waals surface area contributed by atoms with Crippen LogP contribution in [0.3, 0.4) is 0 Å². The van der Waals surface area contributed by atoms with E-state index < -0.39 is 0 Å². The Morgan fingerprint density at radius 2 is 1.88 bits per heavy atom. The molecule has 0 saturated carbocycles. The molecule has 0 heterocycles. The highest BCUT2D eigenvalue weighted by Crippen LogP contribution is 2.19. The highest BCUT2D eigenvalue weighted by Gasteiger charge is 1.94. The van der Waals surface area contributed by atoms with Crippen LogP contribution in [0, 0.1) is 0 Å². The Kier molecular flexibility index (Phi) is 6.75. The van der Waals surface area contributed by atoms with Crippen molar-refractivity contribution in [2.75, 3.05) is 5.75 Å². The topological polar surface area (TPSA) is 0 Å². The number of thioether (sulfide) groups is 1. The number of benzene rings is 1. The molecule has 0 aromatic heterocycles. The van der Waals surface area contributed by atoms with E-state index in [1.807, 2.05) is 17.8 Å². The van der Waals surface area contributed by atoms with Gasteiger partial charge in [0.2, 0.25) is 0 Å². The van der Waals surface area contributed by atoms with Crippen molar-refractivity contribution in [1.29, 1.82) is 0 Å². The molecule has 1 heteroatoms. The minimum atomic E-state index is 1.10. The maximum absolute atomic E-state index is 3.92. The summed E-state index contributed by atoms with van der Waals surface area (Å²) >= 11 is 1.94. The van der Waals surface area contributed by atoms with Crippen LogP contribution in [0.2, 0.25) is 0 Å². The van der Waals surface area contributed by atoms with Crippen molar-refractivity contribution < 1.29 is 0 Å². The third-order valence-corrected chi connectivity index (χ3v) is 3.54. The van der Waals surface area contributed by atoms with Crippen molar-refractivity contribution in [2.45, 2.75) is 30.6 Å². The van der Waals surface area contributed by atoms with Gasteiger partial charge in [0.05, 0.1) is 0 Å². The summed E-state index contributed by atoms with van der Waals surface area (Å²) < 4.78 is 0. The third kappa shape index (κ3) is 5.82. The fourth-order valence-electron chi connectivity index (χ4n) is 1.44. The monoisotopic (exact) mass is 232 g/mol. The molecule has 0 nitrogen and oxygen atoms in total. The maximum Gasteiger partial charge on any atom is 0.00719 e. The SMILES string of the molecule is C=CC(=C)CCCCCSc1ccccc1. The lowest BCUT2D eigenvalue weighted by molar-refractivity contribution is 0.725. The first-order chi connectivity index (χ1) is 7.83. The van der Waals surface area contributed by atoms with E-state index in [2.05, 4.69) is 43.5 Å². The predicted molar refractivity (Wildman–Crippen MR) is 75.0 cm³/mol. The molecule has 16 heavy (non-hydrogen) atoms. The van der Waals surface area contributed by atoms with Gasteiger partial charge in [-0.25, -0.2) is 0 Å². The molecule has 0 N–H and O–H groups in total. The quantitative estimate of drug-likeness (QED) is 0.342. The summed E-state index contributed by atoms with van der Waals surface area (Å²) in [5.74, 6) is 1.21. The number of rotatable bonds is 8. The van der Waals surface area contributed by atoms with Gasteiger partial charge < -0.3 is 0 Å². The van der Waals surface area contributed by atoms with Gasteiger partial charge in [-0.3, -0.25) is 0 Å². The largest absolute Gasteiger partial charge is 0.126 e. The average molecular weight is 232 g/mol. The average Bonchev–Trinajstić information content (AvgIpc) is 2.34. The summed E-state index contributed by atoms with van der Waals surface area (Å²) in [5.41, 5.74) is 1.16. The van der Waals surface area contributed by atoms with Crippen LogP contribution in [0.5, 0.6) is 0 Å². The maximum atomic E-state index is 3.92. The van der Waals surface area contributed by atoms with Crippen molar-refractivity contribution in [3.05, 3.63) is 55.1 Å². The zero-order valence-corrected chi connectivity index (χ0v) is 10.6. The second kappa shape index (κ2) is 8.23. The first-order valence-electron chi connectivity index (χ1n) is 5.81. The van der Waals surface area contributed by atoms with Crippen molar-refractivity contribution in [1.82, 2.24) is 0 Å². The molecular weight excluding hydrogens is 212 g/mol. The van der Waals surface area contributed by atoms with E-state index >= 15 is 0 Å². The van der Waals surface area contributed by atoms with E-state index in [0.717, 1.165) is 12.0 Å². The second-order valence-corrected chi connectivity index (χ2v) is 5.00. The summed E-state index contributed by atoms with van der Waals surface area (Å²) in [7, 11) is 0. The molecule has 0 aliphatic rings. The van der Waals surface area contributed by atoms with Crippen LogP contribution in [-0.4, -0.2) is 5.75 Å². The molecule has 0 saturated heterocycles. The Bertz CT molecular complexity index is 313. The third-order valence-electron chi connectivity index (χ3n) is 2.44. The number of unbranched alkanes of at least 4 members (excludes halogenated alkanes) is 2. The molecule has 0 aliphatic heterocycles. The van der Waals surface area contributed by atoms with E-state index in [1.54, 1.807) is 0 Å². The summed E-state index contributed by atoms with van der Waals surface area (Å²) in [6, 6.07) is 10.6. The second-order valence-electron chi connectivity index (χ2n) is 3.83. The molecule has 0 atom stereocenters. The number of hydrogen-bond acceptors (Lipinski definition) is 1. The minimum Gasteiger partial charge on any atom is -0.126 e. The molecular formula is C15H20S. The van der Waals surface area contributed by atoms with E-state index in [0.29, 0.717) is 0 Å². The normalized spacial score (nSPS) is 10.0. The van der Waals surface area contributed by atoms with Crippen LogP contribution < -0.4 is 0 Å². The Labute approximate surface area is 103 Å². The van der Waals surface area contributed by atoms with Crippen LogP contribution in [-0.2, 0) is 0 Å². The number of allylic oxidation sites excluding steroid dienone is 2. The molecule has 0 spiro atoms. The molecule has 1 aromatic rings. The van der Waals surface area contributed by atoms with Crippen LogP contribution in [0.1, 0.15) is 25.7 Å². The van der Waals surface area contributed by atoms with Gasteiger partial charge in [0.25, 0.3) is 0 Å². The molecule has 0 bridgehead atoms. The predicted octanol–water partition coefficient (Wildman–Crippen LogP) is 5.08. The highest BCUT2D eigenvalue weighted by molar-refractivity contribution is 7.99. The molecule has 0 aliphatic carbocycles. The standard InChI is InChI=1S/C15H20S/c1-3-14(2)10-6-5-9-13-16-15-11-7-4-8-12-15/h3-4,7-8,11-12H,1-2,5-6,9-10,13H2. The van der Waals surface area contributed by atoms with Gasteiger partial charge in [0, 0.05) is 4.90 Å². The van der Waals surface area contributed by atoms with Crippen molar-refractivity contribution >= 4 is 11.8 Å². The van der Waals surface area contributed by atoms with Gasteiger partial charge in [0.15, 0.2) is 0 Å². The Morgan fingerprint density at radius 3 is 2.56 bits per heavy atom. The summed E-state index contributed by atoms with van der Waals surface area (Å²) in [5, 5.41) is 0. The van der Waals surface area contributed by atoms with E-state index in [-0.39, 0.29) is 0 Å². The van der Waals surface area contributed by atoms with Crippen molar-refractivity contribution in [3.63, 3.8) is 0 Å². The molecule has 0 amide bonds. The molecule has 1 rings (SSSR count). The van der Waals surface area contributed by atoms with E-state index in [1.165, 1.54) is 29.9 Å². The van der Waals surface area contributed by atoms with Gasteiger partial charge in [-0.1, -0.05) is 49.4 Å². The van der Waals surface area contributed by atoms with Gasteiger partial charge in [-0.15, -0.1) is 11.8 Å². The van der Waals surface area contributed by atoms with Gasteiger partial charge >= 0.3 is 0 Å². The smallest absolute Gasteiger partial charge is 0.00719 e. The van der Waals surface area contributed by atoms with Gasteiger partial charge in [0.1, 0.15) is 0 Å². The number of hydrogen-bond donors (Lipinski definition) is 0.